The first-order valence-electron chi connectivity index (χ1n) is 11.1. The van der Waals surface area contributed by atoms with Crippen LogP contribution in [0.3, 0.4) is 0 Å². The zero-order valence-electron chi connectivity index (χ0n) is 18.4. The van der Waals surface area contributed by atoms with E-state index in [1.165, 1.54) is 0 Å². The van der Waals surface area contributed by atoms with Crippen molar-refractivity contribution in [1.29, 1.82) is 0 Å². The van der Waals surface area contributed by atoms with Crippen LogP contribution in [-0.4, -0.2) is 51.9 Å². The largest absolute Gasteiger partial charge is 0.345 e. The lowest BCUT2D eigenvalue weighted by Gasteiger charge is -2.36. The van der Waals surface area contributed by atoms with E-state index in [0.29, 0.717) is 23.2 Å². The lowest BCUT2D eigenvalue weighted by molar-refractivity contribution is 0.0994. The highest BCUT2D eigenvalue weighted by atomic mass is 32.1. The highest BCUT2D eigenvalue weighted by Crippen LogP contribution is 2.28. The van der Waals surface area contributed by atoms with E-state index in [0.717, 1.165) is 60.5 Å². The Morgan fingerprint density at radius 2 is 1.74 bits per heavy atom. The summed E-state index contributed by atoms with van der Waals surface area (Å²) in [6.45, 7) is 3.04. The van der Waals surface area contributed by atoms with Crippen LogP contribution in [-0.2, 0) is 6.42 Å². The summed E-state index contributed by atoms with van der Waals surface area (Å²) in [5, 5.41) is 7.46. The summed E-state index contributed by atoms with van der Waals surface area (Å²) in [6.07, 6.45) is 5.10. The van der Waals surface area contributed by atoms with Crippen molar-refractivity contribution in [2.24, 2.45) is 5.11 Å². The molecule has 1 aromatic heterocycles. The van der Waals surface area contributed by atoms with Crippen LogP contribution in [0.4, 0.5) is 17.3 Å². The molecule has 170 valence electrons. The van der Waals surface area contributed by atoms with Gasteiger partial charge in [-0.3, -0.25) is 4.79 Å². The maximum Gasteiger partial charge on any atom is 0.225 e. The molecule has 10 heteroatoms. The summed E-state index contributed by atoms with van der Waals surface area (Å²) in [4.78, 5) is 28.1. The van der Waals surface area contributed by atoms with Gasteiger partial charge in [0.2, 0.25) is 5.95 Å². The molecule has 0 saturated carbocycles. The fraction of sp³-hybridized carbons (Fsp3) is 0.250. The topological polar surface area (TPSA) is 110 Å². The second-order valence-corrected chi connectivity index (χ2v) is 8.59. The molecule has 0 unspecified atom stereocenters. The SMILES string of the molecule is [N-]=[N+]=Nc1ccc(NC(=S)N2CCN(c3ncc(-c4ccc5c(c4)CCC5=O)cn3)CC2)cc1. The van der Waals surface area contributed by atoms with Crippen LogP contribution >= 0.6 is 12.2 Å². The average molecular weight is 471 g/mol. The normalized spacial score (nSPS) is 15.0. The first-order chi connectivity index (χ1) is 16.6. The van der Waals surface area contributed by atoms with E-state index in [4.69, 9.17) is 17.7 Å². The van der Waals surface area contributed by atoms with Crippen molar-refractivity contribution in [3.63, 3.8) is 0 Å². The van der Waals surface area contributed by atoms with Crippen LogP contribution in [0.25, 0.3) is 21.6 Å². The third-order valence-electron chi connectivity index (χ3n) is 6.13. The number of azide groups is 1. The fourth-order valence-corrected chi connectivity index (χ4v) is 4.54. The number of carbonyl (C=O) groups excluding carboxylic acids is 1. The van der Waals surface area contributed by atoms with Gasteiger partial charge in [0.15, 0.2) is 10.9 Å². The monoisotopic (exact) mass is 470 g/mol. The molecule has 2 aromatic carbocycles. The Labute approximate surface area is 202 Å². The lowest BCUT2D eigenvalue weighted by Crippen LogP contribution is -2.50. The van der Waals surface area contributed by atoms with Gasteiger partial charge in [-0.1, -0.05) is 35.4 Å². The molecule has 2 aliphatic rings. The van der Waals surface area contributed by atoms with Crippen LogP contribution in [0, 0.1) is 0 Å². The Morgan fingerprint density at radius 1 is 1.00 bits per heavy atom. The van der Waals surface area contributed by atoms with Gasteiger partial charge >= 0.3 is 0 Å². The van der Waals surface area contributed by atoms with Gasteiger partial charge in [-0.05, 0) is 47.4 Å². The molecule has 1 saturated heterocycles. The Morgan fingerprint density at radius 3 is 2.44 bits per heavy atom. The number of carbonyl (C=O) groups is 1. The minimum Gasteiger partial charge on any atom is -0.345 e. The standard InChI is InChI=1S/C24H22N8OS/c25-30-29-20-5-3-19(4-6-20)28-24(34)32-11-9-31(10-12-32)23-26-14-18(15-27-23)16-1-7-21-17(13-16)2-8-22(21)33/h1,3-7,13-15H,2,8-12H2,(H,28,34). The summed E-state index contributed by atoms with van der Waals surface area (Å²) in [6, 6.07) is 13.1. The number of hydrogen-bond donors (Lipinski definition) is 1. The van der Waals surface area contributed by atoms with Gasteiger partial charge in [0, 0.05) is 72.4 Å². The Bertz CT molecular complexity index is 1280. The molecule has 3 aromatic rings. The number of hydrogen-bond acceptors (Lipinski definition) is 6. The van der Waals surface area contributed by atoms with Crippen LogP contribution < -0.4 is 10.2 Å². The second-order valence-electron chi connectivity index (χ2n) is 8.21. The zero-order chi connectivity index (χ0) is 23.5. The first-order valence-corrected chi connectivity index (χ1v) is 11.5. The molecule has 1 N–H and O–H groups in total. The molecule has 0 atom stereocenters. The summed E-state index contributed by atoms with van der Waals surface area (Å²) < 4.78 is 0. The number of nitrogens with zero attached hydrogens (tertiary/aromatic N) is 7. The Balaban J connectivity index is 1.17. The van der Waals surface area contributed by atoms with Gasteiger partial charge < -0.3 is 15.1 Å². The van der Waals surface area contributed by atoms with Crippen LogP contribution in [0.5, 0.6) is 0 Å². The molecule has 34 heavy (non-hydrogen) atoms. The lowest BCUT2D eigenvalue weighted by atomic mass is 10.0. The number of nitrogens with one attached hydrogen (secondary N) is 1. The van der Waals surface area contributed by atoms with Crippen molar-refractivity contribution in [2.45, 2.75) is 12.8 Å². The molecule has 1 fully saturated rings. The van der Waals surface area contributed by atoms with E-state index >= 15 is 0 Å². The van der Waals surface area contributed by atoms with E-state index in [9.17, 15) is 4.79 Å². The molecule has 1 aliphatic heterocycles. The number of benzene rings is 2. The fourth-order valence-electron chi connectivity index (χ4n) is 4.24. The van der Waals surface area contributed by atoms with Crippen molar-refractivity contribution in [3.8, 4) is 11.1 Å². The molecular weight excluding hydrogens is 448 g/mol. The van der Waals surface area contributed by atoms with Gasteiger partial charge in [-0.2, -0.15) is 0 Å². The molecule has 0 radical (unpaired) electrons. The molecular formula is C24H22N8OS. The maximum atomic E-state index is 11.9. The third-order valence-corrected chi connectivity index (χ3v) is 6.49. The number of ketones is 1. The summed E-state index contributed by atoms with van der Waals surface area (Å²) in [5.74, 6) is 0.928. The average Bonchev–Trinajstić information content (AvgIpc) is 3.25. The molecule has 2 heterocycles. The summed E-state index contributed by atoms with van der Waals surface area (Å²) in [7, 11) is 0. The third kappa shape index (κ3) is 4.54. The molecule has 1 aliphatic carbocycles. The minimum atomic E-state index is 0.227. The molecule has 0 spiro atoms. The first kappa shape index (κ1) is 21.8. The van der Waals surface area contributed by atoms with Gasteiger partial charge in [-0.15, -0.1) is 0 Å². The number of aryl methyl sites for hydroxylation is 1. The maximum absolute atomic E-state index is 11.9. The number of thiocarbonyl (C=S) groups is 1. The number of fused-ring (bicyclic) bond motifs is 1. The van der Waals surface area contributed by atoms with Crippen LogP contribution in [0.2, 0.25) is 0 Å². The Hall–Kier alpha value is -4.01. The van der Waals surface area contributed by atoms with Gasteiger partial charge in [0.1, 0.15) is 0 Å². The minimum absolute atomic E-state index is 0.227. The molecule has 5 rings (SSSR count). The van der Waals surface area contributed by atoms with Crippen molar-refractivity contribution in [1.82, 2.24) is 14.9 Å². The van der Waals surface area contributed by atoms with Gasteiger partial charge in [0.05, 0.1) is 0 Å². The Kier molecular flexibility index (Phi) is 6.07. The van der Waals surface area contributed by atoms with E-state index in [1.54, 1.807) is 12.1 Å². The molecule has 0 bridgehead atoms. The van der Waals surface area contributed by atoms with E-state index < -0.39 is 0 Å². The van der Waals surface area contributed by atoms with Crippen molar-refractivity contribution >= 4 is 40.4 Å². The van der Waals surface area contributed by atoms with Crippen molar-refractivity contribution in [2.75, 3.05) is 36.4 Å². The van der Waals surface area contributed by atoms with E-state index in [-0.39, 0.29) is 5.78 Å². The van der Waals surface area contributed by atoms with Crippen molar-refractivity contribution < 1.29 is 4.79 Å². The quantitative estimate of drug-likeness (QED) is 0.254. The highest BCUT2D eigenvalue weighted by molar-refractivity contribution is 7.80. The molecule has 9 nitrogen and oxygen atoms in total. The predicted octanol–water partition coefficient (Wildman–Crippen LogP) is 4.73. The van der Waals surface area contributed by atoms with Crippen LogP contribution in [0.1, 0.15) is 22.3 Å². The van der Waals surface area contributed by atoms with Crippen molar-refractivity contribution in [3.05, 3.63) is 76.4 Å². The molecule has 0 amide bonds. The van der Waals surface area contributed by atoms with Gasteiger partial charge in [0.25, 0.3) is 0 Å². The number of anilines is 2. The number of aromatic nitrogens is 2. The summed E-state index contributed by atoms with van der Waals surface area (Å²) >= 11 is 5.57. The zero-order valence-corrected chi connectivity index (χ0v) is 19.2. The van der Waals surface area contributed by atoms with E-state index in [2.05, 4.69) is 41.2 Å². The van der Waals surface area contributed by atoms with Crippen LogP contribution in [0.15, 0.2) is 60.0 Å². The van der Waals surface area contributed by atoms with E-state index in [1.807, 2.05) is 36.7 Å². The highest BCUT2D eigenvalue weighted by Gasteiger charge is 2.22. The predicted molar refractivity (Wildman–Crippen MR) is 135 cm³/mol. The van der Waals surface area contributed by atoms with Gasteiger partial charge in [-0.25, -0.2) is 9.97 Å². The number of rotatable bonds is 4. The number of piperazine rings is 1. The number of Topliss-reactive ketones (excluding diaryl/α,β-unsaturated/α-hetero) is 1. The smallest absolute Gasteiger partial charge is 0.225 e. The second kappa shape index (κ2) is 9.46. The summed E-state index contributed by atoms with van der Waals surface area (Å²) in [5.41, 5.74) is 13.8.